The van der Waals surface area contributed by atoms with E-state index in [1.54, 1.807) is 52.3 Å². The molecule has 0 aliphatic carbocycles. The highest BCUT2D eigenvalue weighted by Gasteiger charge is 2.18. The summed E-state index contributed by atoms with van der Waals surface area (Å²) in [5.74, 6) is 0. The first-order valence-electron chi connectivity index (χ1n) is 13.4. The Morgan fingerprint density at radius 2 is 0.800 bits per heavy atom. The Kier molecular flexibility index (Phi) is 20.3. The van der Waals surface area contributed by atoms with Gasteiger partial charge < -0.3 is 16.0 Å². The van der Waals surface area contributed by atoms with E-state index in [0.29, 0.717) is 26.1 Å². The number of amides is 10. The predicted molar refractivity (Wildman–Crippen MR) is 151 cm³/mol. The summed E-state index contributed by atoms with van der Waals surface area (Å²) in [5, 5.41) is 15.9. The number of hydrogen-bond acceptors (Lipinski definition) is 8. The molecule has 232 valence electrons. The zero-order chi connectivity index (χ0) is 30.3. The lowest BCUT2D eigenvalue weighted by atomic mass is 10.2. The first-order valence-corrected chi connectivity index (χ1v) is 13.4. The molecule has 0 heterocycles. The number of hydrogen-bond donors (Lipinski definition) is 8. The van der Waals surface area contributed by atoms with Gasteiger partial charge in [-0.25, -0.2) is 49.4 Å². The Hall–Kier alpha value is -3.57. The maximum Gasteiger partial charge on any atom is 0.344 e. The lowest BCUT2D eigenvalue weighted by molar-refractivity contribution is 0.162. The van der Waals surface area contributed by atoms with Gasteiger partial charge in [0.2, 0.25) is 0 Å². The molecule has 0 radical (unpaired) electrons. The third-order valence-electron chi connectivity index (χ3n) is 4.95. The van der Waals surface area contributed by atoms with Gasteiger partial charge in [-0.2, -0.15) is 0 Å². The number of carbonyl (C=O) groups is 5. The van der Waals surface area contributed by atoms with E-state index < -0.39 is 18.1 Å². The van der Waals surface area contributed by atoms with Crippen LogP contribution in [-0.2, 0) is 0 Å². The van der Waals surface area contributed by atoms with Gasteiger partial charge in [-0.15, -0.1) is 0 Å². The number of urea groups is 5. The minimum Gasteiger partial charge on any atom is -0.337 e. The van der Waals surface area contributed by atoms with Crippen molar-refractivity contribution in [2.75, 3.05) is 68.5 Å². The Balaban J connectivity index is 4.37. The molecular formula is C23H50N12O5. The Labute approximate surface area is 237 Å². The molecule has 0 spiro atoms. The summed E-state index contributed by atoms with van der Waals surface area (Å²) < 4.78 is 0. The van der Waals surface area contributed by atoms with Crippen molar-refractivity contribution in [3.05, 3.63) is 0 Å². The van der Waals surface area contributed by atoms with Gasteiger partial charge in [0.05, 0.1) is 0 Å². The second-order valence-electron chi connectivity index (χ2n) is 9.64. The molecule has 0 saturated heterocycles. The highest BCUT2D eigenvalue weighted by Crippen LogP contribution is 2.02. The van der Waals surface area contributed by atoms with Crippen LogP contribution < -0.4 is 43.0 Å². The van der Waals surface area contributed by atoms with Crippen LogP contribution in [0, 0.1) is 0 Å². The van der Waals surface area contributed by atoms with Gasteiger partial charge in [-0.3, -0.25) is 21.6 Å². The number of carbonyl (C=O) groups excluding carboxylic acids is 5. The van der Waals surface area contributed by atoms with E-state index in [1.807, 2.05) is 0 Å². The molecule has 0 aliphatic rings. The van der Waals surface area contributed by atoms with Crippen LogP contribution in [-0.4, -0.2) is 119 Å². The quantitative estimate of drug-likeness (QED) is 0.0883. The first-order chi connectivity index (χ1) is 18.9. The summed E-state index contributed by atoms with van der Waals surface area (Å²) in [5.41, 5.74) is 10.1. The second kappa shape index (κ2) is 22.3. The zero-order valence-electron chi connectivity index (χ0n) is 24.8. The predicted octanol–water partition coefficient (Wildman–Crippen LogP) is 0.0708. The molecular weight excluding hydrogens is 524 g/mol. The van der Waals surface area contributed by atoms with Crippen molar-refractivity contribution in [3.8, 4) is 0 Å². The largest absolute Gasteiger partial charge is 0.344 e. The topological polar surface area (TPSA) is 195 Å². The monoisotopic (exact) mass is 574 g/mol. The van der Waals surface area contributed by atoms with Crippen molar-refractivity contribution in [3.63, 3.8) is 0 Å². The van der Waals surface area contributed by atoms with E-state index in [-0.39, 0.29) is 18.6 Å². The van der Waals surface area contributed by atoms with Crippen LogP contribution in [0.4, 0.5) is 24.0 Å². The molecule has 10 amide bonds. The van der Waals surface area contributed by atoms with Gasteiger partial charge in [0.15, 0.2) is 0 Å². The summed E-state index contributed by atoms with van der Waals surface area (Å²) in [6.07, 6.45) is 6.18. The van der Waals surface area contributed by atoms with Crippen molar-refractivity contribution >= 4 is 30.2 Å². The van der Waals surface area contributed by atoms with Gasteiger partial charge in [0, 0.05) is 68.5 Å². The highest BCUT2D eigenvalue weighted by molar-refractivity contribution is 5.93. The molecule has 17 nitrogen and oxygen atoms in total. The van der Waals surface area contributed by atoms with E-state index in [1.165, 1.54) is 5.01 Å². The van der Waals surface area contributed by atoms with Crippen molar-refractivity contribution in [1.82, 2.24) is 63.0 Å². The molecule has 0 bridgehead atoms. The van der Waals surface area contributed by atoms with E-state index >= 15 is 0 Å². The average molecular weight is 575 g/mol. The van der Waals surface area contributed by atoms with Gasteiger partial charge in [-0.05, 0) is 25.7 Å². The van der Waals surface area contributed by atoms with Gasteiger partial charge in [-0.1, -0.05) is 25.7 Å². The smallest absolute Gasteiger partial charge is 0.337 e. The van der Waals surface area contributed by atoms with E-state index in [0.717, 1.165) is 50.0 Å². The summed E-state index contributed by atoms with van der Waals surface area (Å²) in [7, 11) is 10.1. The van der Waals surface area contributed by atoms with Crippen LogP contribution in [0.25, 0.3) is 0 Å². The van der Waals surface area contributed by atoms with E-state index in [4.69, 9.17) is 0 Å². The number of unbranched alkanes of at least 4 members (excludes halogenated alkanes) is 6. The van der Waals surface area contributed by atoms with E-state index in [2.05, 4.69) is 43.0 Å². The van der Waals surface area contributed by atoms with Crippen molar-refractivity contribution in [2.24, 2.45) is 0 Å². The maximum atomic E-state index is 12.6. The Bertz CT molecular complexity index is 767. The SMILES string of the molecule is CN(C)NC(=O)NCCCCCCNC(=O)NN(CCCCCCNC(=O)NN(C)C)C(=O)NC(=O)NN(C)C. The molecule has 0 aromatic carbocycles. The fourth-order valence-electron chi connectivity index (χ4n) is 3.21. The first kappa shape index (κ1) is 36.4. The summed E-state index contributed by atoms with van der Waals surface area (Å²) in [6.45, 7) is 1.67. The molecule has 0 unspecified atom stereocenters. The van der Waals surface area contributed by atoms with Crippen molar-refractivity contribution < 1.29 is 24.0 Å². The minimum atomic E-state index is -0.762. The standard InChI is InChI=1S/C23H50N12O5/c1-32(2)28-19(36)24-15-11-7-8-12-17-26-21(38)31-35(23(40)27-22(39)30-34(5)6)18-14-10-9-13-16-25-20(37)29-33(3)4/h7-18H2,1-6H3,(H2,24,28,36)(H2,25,29,37)(H2,26,31,38)(H2,27,30,39,40). The molecule has 0 aromatic rings. The summed E-state index contributed by atoms with van der Waals surface area (Å²) in [6, 6.07) is -2.57. The fourth-order valence-corrected chi connectivity index (χ4v) is 3.21. The van der Waals surface area contributed by atoms with Gasteiger partial charge in [0.25, 0.3) is 0 Å². The number of imide groups is 1. The average Bonchev–Trinajstić information content (AvgIpc) is 2.82. The number of hydrazine groups is 4. The van der Waals surface area contributed by atoms with Crippen LogP contribution in [0.3, 0.4) is 0 Å². The van der Waals surface area contributed by atoms with E-state index in [9.17, 15) is 24.0 Å². The third-order valence-corrected chi connectivity index (χ3v) is 4.95. The van der Waals surface area contributed by atoms with Crippen LogP contribution in [0.2, 0.25) is 0 Å². The molecule has 0 saturated carbocycles. The van der Waals surface area contributed by atoms with Crippen molar-refractivity contribution in [1.29, 1.82) is 0 Å². The molecule has 40 heavy (non-hydrogen) atoms. The summed E-state index contributed by atoms with van der Waals surface area (Å²) >= 11 is 0. The number of nitrogens with one attached hydrogen (secondary N) is 8. The van der Waals surface area contributed by atoms with Crippen LogP contribution in [0.15, 0.2) is 0 Å². The van der Waals surface area contributed by atoms with Crippen LogP contribution >= 0.6 is 0 Å². The number of rotatable bonds is 17. The third kappa shape index (κ3) is 22.4. The van der Waals surface area contributed by atoms with Gasteiger partial charge >= 0.3 is 30.2 Å². The summed E-state index contributed by atoms with van der Waals surface area (Å²) in [4.78, 5) is 59.9. The zero-order valence-corrected chi connectivity index (χ0v) is 24.8. The lowest BCUT2D eigenvalue weighted by Gasteiger charge is -2.24. The highest BCUT2D eigenvalue weighted by atomic mass is 16.2. The molecule has 0 rings (SSSR count). The molecule has 8 N–H and O–H groups in total. The van der Waals surface area contributed by atoms with Gasteiger partial charge in [0.1, 0.15) is 0 Å². The molecule has 0 fully saturated rings. The normalized spacial score (nSPS) is 10.6. The van der Waals surface area contributed by atoms with Crippen LogP contribution in [0.5, 0.6) is 0 Å². The van der Waals surface area contributed by atoms with Crippen molar-refractivity contribution in [2.45, 2.75) is 51.4 Å². The minimum absolute atomic E-state index is 0.192. The molecule has 0 aliphatic heterocycles. The maximum absolute atomic E-state index is 12.6. The molecule has 0 atom stereocenters. The van der Waals surface area contributed by atoms with Crippen LogP contribution in [0.1, 0.15) is 51.4 Å². The fraction of sp³-hybridized carbons (Fsp3) is 0.783. The molecule has 17 heteroatoms. The Morgan fingerprint density at radius 3 is 1.20 bits per heavy atom. The second-order valence-corrected chi connectivity index (χ2v) is 9.64. The number of nitrogens with zero attached hydrogens (tertiary/aromatic N) is 4. The molecule has 0 aromatic heterocycles. The Morgan fingerprint density at radius 1 is 0.450 bits per heavy atom. The lowest BCUT2D eigenvalue weighted by Crippen LogP contribution is -2.57.